The summed E-state index contributed by atoms with van der Waals surface area (Å²) < 4.78 is 4.55. The molecule has 1 aliphatic heterocycles. The third-order valence-corrected chi connectivity index (χ3v) is 3.05. The Labute approximate surface area is 97.9 Å². The summed E-state index contributed by atoms with van der Waals surface area (Å²) in [4.78, 5) is 15.3. The number of piperidine rings is 1. The summed E-state index contributed by atoms with van der Waals surface area (Å²) in [6, 6.07) is 0. The van der Waals surface area contributed by atoms with Gasteiger partial charge in [0.15, 0.2) is 0 Å². The Kier molecular flexibility index (Phi) is 5.32. The zero-order valence-electron chi connectivity index (χ0n) is 10.5. The van der Waals surface area contributed by atoms with Crippen LogP contribution in [0.5, 0.6) is 0 Å². The molecule has 1 fully saturated rings. The van der Waals surface area contributed by atoms with Crippen LogP contribution in [-0.2, 0) is 9.53 Å². The fourth-order valence-corrected chi connectivity index (χ4v) is 1.97. The van der Waals surface area contributed by atoms with Crippen LogP contribution in [0.4, 0.5) is 0 Å². The molecule has 0 spiro atoms. The second kappa shape index (κ2) is 6.53. The number of esters is 1. The Morgan fingerprint density at radius 1 is 1.50 bits per heavy atom. The zero-order valence-corrected chi connectivity index (χ0v) is 10.5. The van der Waals surface area contributed by atoms with Gasteiger partial charge in [0.05, 0.1) is 7.11 Å². The smallest absolute Gasteiger partial charge is 0.331 e. The van der Waals surface area contributed by atoms with Gasteiger partial charge in [-0.05, 0) is 38.9 Å². The van der Waals surface area contributed by atoms with Crippen molar-refractivity contribution in [2.45, 2.75) is 12.8 Å². The lowest BCUT2D eigenvalue weighted by atomic mass is 9.97. The number of hydrogen-bond donors (Lipinski definition) is 0. The lowest BCUT2D eigenvalue weighted by molar-refractivity contribution is -0.134. The predicted octanol–water partition coefficient (Wildman–Crippen LogP) is 0.947. The Morgan fingerprint density at radius 2 is 2.12 bits per heavy atom. The molecule has 0 aliphatic carbocycles. The summed E-state index contributed by atoms with van der Waals surface area (Å²) in [6.07, 6.45) is 5.75. The average molecular weight is 226 g/mol. The standard InChI is InChI=1S/C12H22N2O2/c1-13-7-4-11(5-8-13)10-14(2)9-6-12(15)16-3/h6,9,11H,4-5,7-8,10H2,1-3H3. The minimum atomic E-state index is -0.296. The summed E-state index contributed by atoms with van der Waals surface area (Å²) in [6.45, 7) is 3.37. The summed E-state index contributed by atoms with van der Waals surface area (Å²) in [7, 11) is 5.55. The maximum atomic E-state index is 10.9. The Hall–Kier alpha value is -1.03. The quantitative estimate of drug-likeness (QED) is 0.528. The highest BCUT2D eigenvalue weighted by molar-refractivity contribution is 5.81. The molecule has 0 atom stereocenters. The molecule has 0 aromatic rings. The van der Waals surface area contributed by atoms with E-state index in [9.17, 15) is 4.79 Å². The zero-order chi connectivity index (χ0) is 12.0. The predicted molar refractivity (Wildman–Crippen MR) is 64.0 cm³/mol. The highest BCUT2D eigenvalue weighted by Crippen LogP contribution is 2.16. The van der Waals surface area contributed by atoms with Gasteiger partial charge in [0.2, 0.25) is 0 Å². The van der Waals surface area contributed by atoms with Crippen molar-refractivity contribution in [3.8, 4) is 0 Å². The van der Waals surface area contributed by atoms with Crippen molar-refractivity contribution in [1.82, 2.24) is 9.80 Å². The Bertz CT molecular complexity index is 245. The monoisotopic (exact) mass is 226 g/mol. The van der Waals surface area contributed by atoms with Gasteiger partial charge in [-0.1, -0.05) is 0 Å². The van der Waals surface area contributed by atoms with Gasteiger partial charge in [0.1, 0.15) is 0 Å². The Morgan fingerprint density at radius 3 is 2.69 bits per heavy atom. The van der Waals surface area contributed by atoms with E-state index in [0.29, 0.717) is 0 Å². The molecule has 4 nitrogen and oxygen atoms in total. The van der Waals surface area contributed by atoms with Crippen molar-refractivity contribution < 1.29 is 9.53 Å². The number of nitrogens with zero attached hydrogens (tertiary/aromatic N) is 2. The molecule has 0 bridgehead atoms. The van der Waals surface area contributed by atoms with E-state index in [4.69, 9.17) is 0 Å². The molecule has 1 saturated heterocycles. The fourth-order valence-electron chi connectivity index (χ4n) is 1.97. The van der Waals surface area contributed by atoms with Crippen molar-refractivity contribution in [2.24, 2.45) is 5.92 Å². The molecule has 0 amide bonds. The molecular weight excluding hydrogens is 204 g/mol. The highest BCUT2D eigenvalue weighted by Gasteiger charge is 2.17. The second-order valence-corrected chi connectivity index (χ2v) is 4.53. The molecule has 16 heavy (non-hydrogen) atoms. The number of methoxy groups -OCH3 is 1. The van der Waals surface area contributed by atoms with Crippen LogP contribution < -0.4 is 0 Å². The molecular formula is C12H22N2O2. The molecule has 0 aromatic carbocycles. The summed E-state index contributed by atoms with van der Waals surface area (Å²) >= 11 is 0. The first-order valence-corrected chi connectivity index (χ1v) is 5.76. The van der Waals surface area contributed by atoms with E-state index in [2.05, 4.69) is 21.6 Å². The van der Waals surface area contributed by atoms with Crippen LogP contribution >= 0.6 is 0 Å². The van der Waals surface area contributed by atoms with Gasteiger partial charge in [-0.15, -0.1) is 0 Å². The normalized spacial score (nSPS) is 18.9. The van der Waals surface area contributed by atoms with Crippen molar-refractivity contribution in [3.63, 3.8) is 0 Å². The Balaban J connectivity index is 2.26. The molecule has 1 heterocycles. The lowest BCUT2D eigenvalue weighted by Gasteiger charge is -2.31. The van der Waals surface area contributed by atoms with Crippen molar-refractivity contribution in [2.75, 3.05) is 40.8 Å². The molecule has 0 unspecified atom stereocenters. The van der Waals surface area contributed by atoms with Gasteiger partial charge in [-0.3, -0.25) is 0 Å². The number of likely N-dealkylation sites (tertiary alicyclic amines) is 1. The van der Waals surface area contributed by atoms with E-state index >= 15 is 0 Å². The van der Waals surface area contributed by atoms with Crippen molar-refractivity contribution >= 4 is 5.97 Å². The maximum absolute atomic E-state index is 10.9. The van der Waals surface area contributed by atoms with E-state index in [1.54, 1.807) is 6.20 Å². The molecule has 92 valence electrons. The van der Waals surface area contributed by atoms with E-state index < -0.39 is 0 Å². The van der Waals surface area contributed by atoms with Crippen LogP contribution in [0.25, 0.3) is 0 Å². The van der Waals surface area contributed by atoms with Gasteiger partial charge >= 0.3 is 5.97 Å². The van der Waals surface area contributed by atoms with Gasteiger partial charge < -0.3 is 14.5 Å². The first-order chi connectivity index (χ1) is 7.61. The molecule has 1 aliphatic rings. The van der Waals surface area contributed by atoms with Gasteiger partial charge in [0.25, 0.3) is 0 Å². The summed E-state index contributed by atoms with van der Waals surface area (Å²) in [5.41, 5.74) is 0. The average Bonchev–Trinajstić information content (AvgIpc) is 2.29. The van der Waals surface area contributed by atoms with Crippen LogP contribution in [0, 0.1) is 5.92 Å². The molecule has 0 saturated carbocycles. The van der Waals surface area contributed by atoms with Gasteiger partial charge in [-0.2, -0.15) is 0 Å². The first kappa shape index (κ1) is 13.0. The molecule has 0 aromatic heterocycles. The first-order valence-electron chi connectivity index (χ1n) is 5.76. The van der Waals surface area contributed by atoms with Gasteiger partial charge in [0, 0.05) is 25.9 Å². The van der Waals surface area contributed by atoms with Gasteiger partial charge in [-0.25, -0.2) is 4.79 Å². The lowest BCUT2D eigenvalue weighted by Crippen LogP contribution is -2.34. The number of carbonyl (C=O) groups excluding carboxylic acids is 1. The number of hydrogen-bond acceptors (Lipinski definition) is 4. The third-order valence-electron chi connectivity index (χ3n) is 3.05. The number of ether oxygens (including phenoxy) is 1. The third kappa shape index (κ3) is 4.66. The SMILES string of the molecule is COC(=O)C=CN(C)CC1CCN(C)CC1. The fraction of sp³-hybridized carbons (Fsp3) is 0.750. The van der Waals surface area contributed by atoms with Crippen molar-refractivity contribution in [3.05, 3.63) is 12.3 Å². The van der Waals surface area contributed by atoms with E-state index in [1.165, 1.54) is 39.1 Å². The number of carbonyl (C=O) groups is 1. The van der Waals surface area contributed by atoms with E-state index in [1.807, 2.05) is 7.05 Å². The molecule has 0 N–H and O–H groups in total. The topological polar surface area (TPSA) is 32.8 Å². The molecule has 0 radical (unpaired) electrons. The molecule has 4 heteroatoms. The second-order valence-electron chi connectivity index (χ2n) is 4.53. The van der Waals surface area contributed by atoms with Crippen molar-refractivity contribution in [1.29, 1.82) is 0 Å². The van der Waals surface area contributed by atoms with Crippen LogP contribution in [0.2, 0.25) is 0 Å². The minimum Gasteiger partial charge on any atom is -0.466 e. The number of rotatable bonds is 4. The van der Waals surface area contributed by atoms with E-state index in [-0.39, 0.29) is 5.97 Å². The van der Waals surface area contributed by atoms with Crippen LogP contribution in [0.1, 0.15) is 12.8 Å². The summed E-state index contributed by atoms with van der Waals surface area (Å²) in [5.74, 6) is 0.443. The largest absolute Gasteiger partial charge is 0.466 e. The minimum absolute atomic E-state index is 0.296. The highest BCUT2D eigenvalue weighted by atomic mass is 16.5. The van der Waals surface area contributed by atoms with E-state index in [0.717, 1.165) is 12.5 Å². The van der Waals surface area contributed by atoms with Crippen LogP contribution in [-0.4, -0.2) is 56.6 Å². The maximum Gasteiger partial charge on any atom is 0.331 e. The van der Waals surface area contributed by atoms with Crippen LogP contribution in [0.3, 0.4) is 0 Å². The molecule has 1 rings (SSSR count). The van der Waals surface area contributed by atoms with Crippen LogP contribution in [0.15, 0.2) is 12.3 Å². The summed E-state index contributed by atoms with van der Waals surface area (Å²) in [5, 5.41) is 0.